The molecule has 0 unspecified atom stereocenters. The fourth-order valence-corrected chi connectivity index (χ4v) is 1.86. The van der Waals surface area contributed by atoms with E-state index in [-0.39, 0.29) is 0 Å². The lowest BCUT2D eigenvalue weighted by Gasteiger charge is -2.11. The Kier molecular flexibility index (Phi) is 5.12. The smallest absolute Gasteiger partial charge is 0.128 e. The predicted octanol–water partition coefficient (Wildman–Crippen LogP) is 1.76. The van der Waals surface area contributed by atoms with Crippen molar-refractivity contribution >= 4 is 10.9 Å². The van der Waals surface area contributed by atoms with E-state index in [4.69, 9.17) is 4.74 Å². The number of nitrogens with zero attached hydrogens (tertiary/aromatic N) is 2. The molecule has 4 nitrogen and oxygen atoms in total. The molecule has 0 radical (unpaired) electrons. The molecule has 1 N–H and O–H groups in total. The Hall–Kier alpha value is -1.65. The van der Waals surface area contributed by atoms with E-state index < -0.39 is 0 Å². The lowest BCUT2D eigenvalue weighted by atomic mass is 10.2. The standard InChI is InChI=1S/C15H21N3O/c1-18(2)11-9-16-10-12-19-15-7-3-6-14-13(15)5-4-8-17-14/h3-8,16H,9-12H2,1-2H3. The van der Waals surface area contributed by atoms with E-state index in [1.165, 1.54) is 0 Å². The number of hydrogen-bond acceptors (Lipinski definition) is 4. The Morgan fingerprint density at radius 2 is 2.05 bits per heavy atom. The molecule has 1 heterocycles. The minimum absolute atomic E-state index is 0.668. The van der Waals surface area contributed by atoms with Crippen LogP contribution in [0.15, 0.2) is 36.5 Å². The van der Waals surface area contributed by atoms with E-state index in [0.717, 1.165) is 36.3 Å². The fraction of sp³-hybridized carbons (Fsp3) is 0.400. The molecule has 0 aliphatic heterocycles. The number of fused-ring (bicyclic) bond motifs is 1. The normalized spacial score (nSPS) is 11.1. The highest BCUT2D eigenvalue weighted by atomic mass is 16.5. The molecule has 2 aromatic rings. The average molecular weight is 259 g/mol. The maximum Gasteiger partial charge on any atom is 0.128 e. The van der Waals surface area contributed by atoms with Gasteiger partial charge >= 0.3 is 0 Å². The first-order valence-corrected chi connectivity index (χ1v) is 6.59. The Morgan fingerprint density at radius 3 is 2.89 bits per heavy atom. The van der Waals surface area contributed by atoms with Gasteiger partial charge in [-0.25, -0.2) is 0 Å². The first-order chi connectivity index (χ1) is 9.27. The van der Waals surface area contributed by atoms with Gasteiger partial charge in [0.25, 0.3) is 0 Å². The van der Waals surface area contributed by atoms with Gasteiger partial charge in [0.2, 0.25) is 0 Å². The molecule has 0 fully saturated rings. The van der Waals surface area contributed by atoms with E-state index in [9.17, 15) is 0 Å². The molecule has 1 aromatic carbocycles. The molecule has 2 rings (SSSR count). The summed E-state index contributed by atoms with van der Waals surface area (Å²) in [6, 6.07) is 9.94. The lowest BCUT2D eigenvalue weighted by Crippen LogP contribution is -2.29. The van der Waals surface area contributed by atoms with Gasteiger partial charge in [0.05, 0.1) is 5.52 Å². The van der Waals surface area contributed by atoms with Crippen LogP contribution >= 0.6 is 0 Å². The number of nitrogens with one attached hydrogen (secondary N) is 1. The van der Waals surface area contributed by atoms with E-state index in [2.05, 4.69) is 29.3 Å². The van der Waals surface area contributed by atoms with Crippen molar-refractivity contribution in [2.24, 2.45) is 0 Å². The summed E-state index contributed by atoms with van der Waals surface area (Å²) in [5.74, 6) is 0.903. The first kappa shape index (κ1) is 13.8. The quantitative estimate of drug-likeness (QED) is 0.769. The highest BCUT2D eigenvalue weighted by molar-refractivity contribution is 5.84. The van der Waals surface area contributed by atoms with Crippen LogP contribution in [0.2, 0.25) is 0 Å². The molecule has 0 saturated heterocycles. The van der Waals surface area contributed by atoms with Crippen molar-refractivity contribution in [3.63, 3.8) is 0 Å². The van der Waals surface area contributed by atoms with Gasteiger partial charge in [-0.15, -0.1) is 0 Å². The summed E-state index contributed by atoms with van der Waals surface area (Å²) >= 11 is 0. The summed E-state index contributed by atoms with van der Waals surface area (Å²) in [5.41, 5.74) is 0.973. The molecule has 102 valence electrons. The third-order valence-electron chi connectivity index (χ3n) is 2.88. The molecule has 4 heteroatoms. The van der Waals surface area contributed by atoms with Crippen molar-refractivity contribution in [3.8, 4) is 5.75 Å². The van der Waals surface area contributed by atoms with Gasteiger partial charge in [-0.2, -0.15) is 0 Å². The van der Waals surface area contributed by atoms with E-state index in [1.54, 1.807) is 6.20 Å². The second-order valence-corrected chi connectivity index (χ2v) is 4.73. The average Bonchev–Trinajstić information content (AvgIpc) is 2.42. The largest absolute Gasteiger partial charge is 0.492 e. The van der Waals surface area contributed by atoms with Crippen LogP contribution in [0.3, 0.4) is 0 Å². The van der Waals surface area contributed by atoms with Gasteiger partial charge in [-0.05, 0) is 38.4 Å². The maximum atomic E-state index is 5.81. The van der Waals surface area contributed by atoms with Crippen LogP contribution in [0.5, 0.6) is 5.75 Å². The van der Waals surface area contributed by atoms with Crippen LogP contribution in [-0.2, 0) is 0 Å². The maximum absolute atomic E-state index is 5.81. The van der Waals surface area contributed by atoms with Crippen molar-refractivity contribution in [1.29, 1.82) is 0 Å². The molecule has 0 amide bonds. The molecule has 19 heavy (non-hydrogen) atoms. The zero-order valence-electron chi connectivity index (χ0n) is 11.6. The van der Waals surface area contributed by atoms with Crippen LogP contribution in [0.1, 0.15) is 0 Å². The van der Waals surface area contributed by atoms with Crippen LogP contribution in [-0.4, -0.2) is 50.2 Å². The Balaban J connectivity index is 1.82. The van der Waals surface area contributed by atoms with Crippen LogP contribution in [0.4, 0.5) is 0 Å². The van der Waals surface area contributed by atoms with Gasteiger partial charge in [-0.1, -0.05) is 6.07 Å². The number of benzene rings is 1. The van der Waals surface area contributed by atoms with E-state index in [0.29, 0.717) is 6.61 Å². The van der Waals surface area contributed by atoms with Crippen molar-refractivity contribution < 1.29 is 4.74 Å². The summed E-state index contributed by atoms with van der Waals surface area (Å²) in [4.78, 5) is 6.47. The monoisotopic (exact) mass is 259 g/mol. The predicted molar refractivity (Wildman–Crippen MR) is 78.7 cm³/mol. The second kappa shape index (κ2) is 7.07. The highest BCUT2D eigenvalue weighted by Gasteiger charge is 2.01. The van der Waals surface area contributed by atoms with Gasteiger partial charge in [0.15, 0.2) is 0 Å². The third kappa shape index (κ3) is 4.19. The van der Waals surface area contributed by atoms with Crippen LogP contribution in [0.25, 0.3) is 10.9 Å². The SMILES string of the molecule is CN(C)CCNCCOc1cccc2ncccc12. The van der Waals surface area contributed by atoms with Crippen LogP contribution < -0.4 is 10.1 Å². The van der Waals surface area contributed by atoms with Crippen molar-refractivity contribution in [2.45, 2.75) is 0 Å². The van der Waals surface area contributed by atoms with Gasteiger partial charge < -0.3 is 15.0 Å². The van der Waals surface area contributed by atoms with Crippen molar-refractivity contribution in [1.82, 2.24) is 15.2 Å². The molecule has 0 aliphatic rings. The first-order valence-electron chi connectivity index (χ1n) is 6.59. The Morgan fingerprint density at radius 1 is 1.16 bits per heavy atom. The van der Waals surface area contributed by atoms with Crippen molar-refractivity contribution in [3.05, 3.63) is 36.5 Å². The molecule has 0 atom stereocenters. The molecular formula is C15H21N3O. The zero-order valence-corrected chi connectivity index (χ0v) is 11.6. The Labute approximate surface area is 114 Å². The second-order valence-electron chi connectivity index (χ2n) is 4.73. The number of aromatic nitrogens is 1. The summed E-state index contributed by atoms with van der Waals surface area (Å²) in [6.07, 6.45) is 1.80. The molecule has 0 bridgehead atoms. The minimum Gasteiger partial charge on any atom is -0.492 e. The summed E-state index contributed by atoms with van der Waals surface area (Å²) in [5, 5.41) is 4.42. The molecule has 1 aromatic heterocycles. The van der Waals surface area contributed by atoms with Gasteiger partial charge in [0, 0.05) is 31.2 Å². The van der Waals surface area contributed by atoms with E-state index in [1.807, 2.05) is 30.3 Å². The molecule has 0 spiro atoms. The topological polar surface area (TPSA) is 37.4 Å². The summed E-state index contributed by atoms with van der Waals surface area (Å²) < 4.78 is 5.81. The number of rotatable bonds is 7. The van der Waals surface area contributed by atoms with E-state index >= 15 is 0 Å². The summed E-state index contributed by atoms with van der Waals surface area (Å²) in [6.45, 7) is 3.54. The lowest BCUT2D eigenvalue weighted by molar-refractivity contribution is 0.311. The number of likely N-dealkylation sites (N-methyl/N-ethyl adjacent to an activating group) is 1. The fourth-order valence-electron chi connectivity index (χ4n) is 1.86. The molecule has 0 aliphatic carbocycles. The van der Waals surface area contributed by atoms with Gasteiger partial charge in [-0.3, -0.25) is 4.98 Å². The van der Waals surface area contributed by atoms with Gasteiger partial charge in [0.1, 0.15) is 12.4 Å². The van der Waals surface area contributed by atoms with Crippen LogP contribution in [0, 0.1) is 0 Å². The minimum atomic E-state index is 0.668. The highest BCUT2D eigenvalue weighted by Crippen LogP contribution is 2.23. The number of pyridine rings is 1. The Bertz CT molecular complexity index is 508. The zero-order chi connectivity index (χ0) is 13.5. The van der Waals surface area contributed by atoms with Crippen molar-refractivity contribution in [2.75, 3.05) is 40.3 Å². The third-order valence-corrected chi connectivity index (χ3v) is 2.88. The number of ether oxygens (including phenoxy) is 1. The number of hydrogen-bond donors (Lipinski definition) is 1. The molecular weight excluding hydrogens is 238 g/mol. The summed E-state index contributed by atoms with van der Waals surface area (Å²) in [7, 11) is 4.14. The molecule has 0 saturated carbocycles.